The Morgan fingerprint density at radius 3 is 2.60 bits per heavy atom. The second kappa shape index (κ2) is 6.05. The molecule has 0 radical (unpaired) electrons. The van der Waals surface area contributed by atoms with Gasteiger partial charge in [-0.05, 0) is 17.7 Å². The first-order valence-corrected chi connectivity index (χ1v) is 6.24. The summed E-state index contributed by atoms with van der Waals surface area (Å²) in [4.78, 5) is 35.5. The number of nitrogens with two attached hydrogens (primary N) is 1. The Morgan fingerprint density at radius 1 is 1.30 bits per heavy atom. The van der Waals surface area contributed by atoms with Crippen LogP contribution in [0, 0.1) is 0 Å². The molecule has 4 amide bonds. The van der Waals surface area contributed by atoms with Crippen LogP contribution in [0.15, 0.2) is 24.3 Å². The zero-order chi connectivity index (χ0) is 14.5. The van der Waals surface area contributed by atoms with Gasteiger partial charge in [-0.15, -0.1) is 0 Å². The van der Waals surface area contributed by atoms with Gasteiger partial charge in [0.1, 0.15) is 0 Å². The average Bonchev–Trinajstić information content (AvgIpc) is 2.45. The van der Waals surface area contributed by atoms with Crippen LogP contribution in [0.3, 0.4) is 0 Å². The van der Waals surface area contributed by atoms with E-state index in [1.54, 1.807) is 24.3 Å². The van der Waals surface area contributed by atoms with Gasteiger partial charge in [0.2, 0.25) is 5.91 Å². The molecule has 4 N–H and O–H groups in total. The van der Waals surface area contributed by atoms with Crippen LogP contribution in [0.5, 0.6) is 0 Å². The van der Waals surface area contributed by atoms with Crippen molar-refractivity contribution in [3.05, 3.63) is 35.4 Å². The third-order valence-electron chi connectivity index (χ3n) is 2.99. The Morgan fingerprint density at radius 2 is 2.00 bits per heavy atom. The molecular formula is C13H16N4O3. The molecule has 20 heavy (non-hydrogen) atoms. The molecule has 1 fully saturated rings. The monoisotopic (exact) mass is 276 g/mol. The number of primary amides is 1. The van der Waals surface area contributed by atoms with Crippen LogP contribution in [-0.4, -0.2) is 42.4 Å². The van der Waals surface area contributed by atoms with Crippen molar-refractivity contribution in [1.82, 2.24) is 15.5 Å². The van der Waals surface area contributed by atoms with Gasteiger partial charge in [0, 0.05) is 25.2 Å². The van der Waals surface area contributed by atoms with E-state index in [2.05, 4.69) is 10.6 Å². The molecule has 2 rings (SSSR count). The molecule has 106 valence electrons. The largest absolute Gasteiger partial charge is 0.353 e. The minimum Gasteiger partial charge on any atom is -0.353 e. The second-order valence-corrected chi connectivity index (χ2v) is 4.49. The molecule has 1 aromatic rings. The number of piperazine rings is 1. The van der Waals surface area contributed by atoms with Crippen LogP contribution in [0.1, 0.15) is 15.9 Å². The Bertz CT molecular complexity index is 527. The summed E-state index contributed by atoms with van der Waals surface area (Å²) >= 11 is 0. The standard InChI is InChI=1S/C13H16N4O3/c14-13(20)16-7-9-1-3-10(4-2-9)12(19)17-6-5-15-11(18)8-17/h1-4H,5-8H2,(H,15,18)(H3,14,16,20). The van der Waals surface area contributed by atoms with E-state index in [-0.39, 0.29) is 18.4 Å². The maximum Gasteiger partial charge on any atom is 0.312 e. The van der Waals surface area contributed by atoms with Gasteiger partial charge in [0.15, 0.2) is 0 Å². The molecule has 1 aromatic carbocycles. The molecule has 1 saturated heterocycles. The fourth-order valence-corrected chi connectivity index (χ4v) is 1.95. The fourth-order valence-electron chi connectivity index (χ4n) is 1.95. The predicted molar refractivity (Wildman–Crippen MR) is 71.8 cm³/mol. The first kappa shape index (κ1) is 13.9. The van der Waals surface area contributed by atoms with E-state index >= 15 is 0 Å². The molecule has 0 bridgehead atoms. The summed E-state index contributed by atoms with van der Waals surface area (Å²) in [5.74, 6) is -0.318. The summed E-state index contributed by atoms with van der Waals surface area (Å²) in [6.45, 7) is 1.39. The quantitative estimate of drug-likeness (QED) is 0.688. The van der Waals surface area contributed by atoms with Crippen LogP contribution < -0.4 is 16.4 Å². The van der Waals surface area contributed by atoms with Crippen molar-refractivity contribution in [3.63, 3.8) is 0 Å². The number of nitrogens with zero attached hydrogens (tertiary/aromatic N) is 1. The third kappa shape index (κ3) is 3.47. The Kier molecular flexibility index (Phi) is 4.19. The van der Waals surface area contributed by atoms with E-state index in [1.807, 2.05) is 0 Å². The number of amides is 4. The molecule has 7 nitrogen and oxygen atoms in total. The van der Waals surface area contributed by atoms with Gasteiger partial charge in [-0.25, -0.2) is 4.79 Å². The zero-order valence-electron chi connectivity index (χ0n) is 10.9. The SMILES string of the molecule is NC(=O)NCc1ccc(C(=O)N2CCNC(=O)C2)cc1. The Balaban J connectivity index is 2.00. The maximum absolute atomic E-state index is 12.2. The molecule has 0 saturated carbocycles. The Labute approximate surface area is 116 Å². The lowest BCUT2D eigenvalue weighted by Gasteiger charge is -2.26. The molecule has 1 aliphatic rings. The molecule has 0 atom stereocenters. The lowest BCUT2D eigenvalue weighted by atomic mass is 10.1. The summed E-state index contributed by atoms with van der Waals surface area (Å²) in [7, 11) is 0. The van der Waals surface area contributed by atoms with E-state index in [9.17, 15) is 14.4 Å². The van der Waals surface area contributed by atoms with Crippen molar-refractivity contribution < 1.29 is 14.4 Å². The predicted octanol–water partition coefficient (Wildman–Crippen LogP) is -0.573. The molecule has 1 aliphatic heterocycles. The highest BCUT2D eigenvalue weighted by Crippen LogP contribution is 2.08. The topological polar surface area (TPSA) is 105 Å². The lowest BCUT2D eigenvalue weighted by molar-refractivity contribution is -0.123. The van der Waals surface area contributed by atoms with E-state index in [0.29, 0.717) is 25.2 Å². The van der Waals surface area contributed by atoms with Crippen LogP contribution in [0.25, 0.3) is 0 Å². The van der Waals surface area contributed by atoms with Gasteiger partial charge in [-0.2, -0.15) is 0 Å². The minimum absolute atomic E-state index is 0.0871. The summed E-state index contributed by atoms with van der Waals surface area (Å²) < 4.78 is 0. The zero-order valence-corrected chi connectivity index (χ0v) is 10.9. The molecular weight excluding hydrogens is 260 g/mol. The normalized spacial score (nSPS) is 14.6. The Hall–Kier alpha value is -2.57. The average molecular weight is 276 g/mol. The van der Waals surface area contributed by atoms with Crippen molar-refractivity contribution >= 4 is 17.8 Å². The fraction of sp³-hybridized carbons (Fsp3) is 0.308. The lowest BCUT2D eigenvalue weighted by Crippen LogP contribution is -2.49. The first-order chi connectivity index (χ1) is 9.56. The first-order valence-electron chi connectivity index (χ1n) is 6.24. The molecule has 0 spiro atoms. The number of urea groups is 1. The third-order valence-corrected chi connectivity index (χ3v) is 2.99. The van der Waals surface area contributed by atoms with Gasteiger partial charge in [0.05, 0.1) is 6.54 Å². The smallest absolute Gasteiger partial charge is 0.312 e. The molecule has 0 aromatic heterocycles. The van der Waals surface area contributed by atoms with Crippen molar-refractivity contribution in [3.8, 4) is 0 Å². The highest BCUT2D eigenvalue weighted by Gasteiger charge is 2.21. The van der Waals surface area contributed by atoms with Crippen LogP contribution in [-0.2, 0) is 11.3 Å². The number of benzene rings is 1. The van der Waals surface area contributed by atoms with Gasteiger partial charge in [-0.3, -0.25) is 9.59 Å². The second-order valence-electron chi connectivity index (χ2n) is 4.49. The van der Waals surface area contributed by atoms with Gasteiger partial charge in [-0.1, -0.05) is 12.1 Å². The van der Waals surface area contributed by atoms with Crippen LogP contribution >= 0.6 is 0 Å². The minimum atomic E-state index is -0.593. The number of carbonyl (C=O) groups excluding carboxylic acids is 3. The number of hydrogen-bond donors (Lipinski definition) is 3. The number of rotatable bonds is 3. The van der Waals surface area contributed by atoms with Gasteiger partial charge < -0.3 is 21.3 Å². The van der Waals surface area contributed by atoms with E-state index < -0.39 is 6.03 Å². The van der Waals surface area contributed by atoms with Crippen LogP contribution in [0.4, 0.5) is 4.79 Å². The summed E-state index contributed by atoms with van der Waals surface area (Å²) in [5, 5.41) is 5.14. The van der Waals surface area contributed by atoms with Gasteiger partial charge in [0.25, 0.3) is 5.91 Å². The summed E-state index contributed by atoms with van der Waals surface area (Å²) in [6, 6.07) is 6.24. The highest BCUT2D eigenvalue weighted by molar-refractivity contribution is 5.97. The summed E-state index contributed by atoms with van der Waals surface area (Å²) in [5.41, 5.74) is 6.34. The van der Waals surface area contributed by atoms with E-state index in [1.165, 1.54) is 4.90 Å². The van der Waals surface area contributed by atoms with E-state index in [0.717, 1.165) is 5.56 Å². The van der Waals surface area contributed by atoms with Crippen molar-refractivity contribution in [2.24, 2.45) is 5.73 Å². The van der Waals surface area contributed by atoms with E-state index in [4.69, 9.17) is 5.73 Å². The highest BCUT2D eigenvalue weighted by atomic mass is 16.2. The molecule has 7 heteroatoms. The van der Waals surface area contributed by atoms with Crippen molar-refractivity contribution in [1.29, 1.82) is 0 Å². The summed E-state index contributed by atoms with van der Waals surface area (Å²) in [6.07, 6.45) is 0. The van der Waals surface area contributed by atoms with Crippen molar-refractivity contribution in [2.75, 3.05) is 19.6 Å². The number of nitrogens with one attached hydrogen (secondary N) is 2. The number of hydrogen-bond acceptors (Lipinski definition) is 3. The van der Waals surface area contributed by atoms with Crippen LogP contribution in [0.2, 0.25) is 0 Å². The molecule has 0 aliphatic carbocycles. The van der Waals surface area contributed by atoms with Gasteiger partial charge >= 0.3 is 6.03 Å². The van der Waals surface area contributed by atoms with Crippen molar-refractivity contribution in [2.45, 2.75) is 6.54 Å². The maximum atomic E-state index is 12.2. The number of carbonyl (C=O) groups is 3. The molecule has 1 heterocycles. The molecule has 0 unspecified atom stereocenters.